The summed E-state index contributed by atoms with van der Waals surface area (Å²) in [6.07, 6.45) is -0.947. The van der Waals surface area contributed by atoms with Gasteiger partial charge in [-0.15, -0.1) is 0 Å². The van der Waals surface area contributed by atoms with E-state index in [4.69, 9.17) is 0 Å². The maximum Gasteiger partial charge on any atom is 0.535 e. The number of Topliss-reactive ketones (excluding diaryl/α,β-unsaturated/α-hetero) is 1. The van der Waals surface area contributed by atoms with Crippen LogP contribution < -0.4 is 0 Å². The molecule has 0 radical (unpaired) electrons. The minimum Gasteiger partial charge on any atom is -0.433 e. The van der Waals surface area contributed by atoms with Gasteiger partial charge in [-0.3, -0.25) is 9.63 Å². The lowest BCUT2D eigenvalue weighted by Crippen LogP contribution is -2.17. The van der Waals surface area contributed by atoms with Crippen LogP contribution in [0.4, 0.5) is 4.79 Å². The van der Waals surface area contributed by atoms with Crippen LogP contribution in [0.5, 0.6) is 0 Å². The minimum absolute atomic E-state index is 0.0415. The monoisotopic (exact) mass is 297 g/mol. The van der Waals surface area contributed by atoms with Gasteiger partial charge >= 0.3 is 6.16 Å². The van der Waals surface area contributed by atoms with E-state index in [-0.39, 0.29) is 18.1 Å². The summed E-state index contributed by atoms with van der Waals surface area (Å²) in [6.45, 7) is 1.82. The van der Waals surface area contributed by atoms with E-state index in [1.54, 1.807) is 55.5 Å². The predicted octanol–water partition coefficient (Wildman–Crippen LogP) is 3.45. The Bertz CT molecular complexity index is 666. The molecule has 0 aliphatic carbocycles. The molecule has 0 saturated carbocycles. The van der Waals surface area contributed by atoms with E-state index in [0.717, 1.165) is 0 Å². The lowest BCUT2D eigenvalue weighted by molar-refractivity contribution is 0.0612. The van der Waals surface area contributed by atoms with E-state index >= 15 is 0 Å². The van der Waals surface area contributed by atoms with Crippen LogP contribution in [0.1, 0.15) is 22.8 Å². The summed E-state index contributed by atoms with van der Waals surface area (Å²) < 4.78 is 4.63. The first-order chi connectivity index (χ1) is 10.7. The summed E-state index contributed by atoms with van der Waals surface area (Å²) in [5, 5.41) is 3.68. The van der Waals surface area contributed by atoms with Crippen LogP contribution >= 0.6 is 0 Å². The zero-order valence-corrected chi connectivity index (χ0v) is 12.1. The molecule has 0 aliphatic heterocycles. The molecule has 0 spiro atoms. The van der Waals surface area contributed by atoms with Crippen LogP contribution in [-0.2, 0) is 9.57 Å². The van der Waals surface area contributed by atoms with Gasteiger partial charge in [-0.25, -0.2) is 4.79 Å². The van der Waals surface area contributed by atoms with Gasteiger partial charge in [0.15, 0.2) is 5.71 Å². The number of ether oxygens (including phenoxy) is 1. The maximum absolute atomic E-state index is 12.6. The summed E-state index contributed by atoms with van der Waals surface area (Å²) >= 11 is 0. The Kier molecular flexibility index (Phi) is 5.43. The normalized spacial score (nSPS) is 10.9. The molecule has 2 aromatic rings. The fourth-order valence-electron chi connectivity index (χ4n) is 1.77. The van der Waals surface area contributed by atoms with Crippen molar-refractivity contribution >= 4 is 17.7 Å². The summed E-state index contributed by atoms with van der Waals surface area (Å²) in [5.41, 5.74) is 1.05. The molecule has 0 fully saturated rings. The molecule has 0 heterocycles. The number of ketones is 1. The largest absolute Gasteiger partial charge is 0.535 e. The van der Waals surface area contributed by atoms with Crippen LogP contribution in [-0.4, -0.2) is 24.3 Å². The van der Waals surface area contributed by atoms with E-state index in [1.807, 2.05) is 12.1 Å². The molecule has 0 aliphatic rings. The van der Waals surface area contributed by atoms with E-state index in [2.05, 4.69) is 14.7 Å². The fourth-order valence-corrected chi connectivity index (χ4v) is 1.77. The van der Waals surface area contributed by atoms with Crippen LogP contribution in [0.15, 0.2) is 65.8 Å². The van der Waals surface area contributed by atoms with E-state index in [1.165, 1.54) is 0 Å². The number of nitrogens with zero attached hydrogens (tertiary/aromatic N) is 1. The summed E-state index contributed by atoms with van der Waals surface area (Å²) in [5.74, 6) is -0.337. The smallest absolute Gasteiger partial charge is 0.433 e. The zero-order chi connectivity index (χ0) is 15.8. The second-order valence-corrected chi connectivity index (χ2v) is 4.28. The molecule has 2 aromatic carbocycles. The average Bonchev–Trinajstić information content (AvgIpc) is 2.57. The van der Waals surface area contributed by atoms with Crippen molar-refractivity contribution in [3.05, 3.63) is 71.8 Å². The first kappa shape index (κ1) is 15.4. The van der Waals surface area contributed by atoms with Gasteiger partial charge < -0.3 is 4.74 Å². The summed E-state index contributed by atoms with van der Waals surface area (Å²) in [4.78, 5) is 28.5. The van der Waals surface area contributed by atoms with E-state index in [0.29, 0.717) is 11.1 Å². The second-order valence-electron chi connectivity index (χ2n) is 4.28. The molecule has 2 rings (SSSR count). The number of hydrogen-bond donors (Lipinski definition) is 0. The van der Waals surface area contributed by atoms with Gasteiger partial charge in [0.25, 0.3) is 0 Å². The third kappa shape index (κ3) is 4.02. The topological polar surface area (TPSA) is 65.0 Å². The standard InChI is InChI=1S/C17H15NO4/c1-2-21-17(20)22-18-15(13-9-5-3-6-10-13)16(19)14-11-7-4-8-12-14/h3-12H,2H2,1H3/b18-15+. The molecule has 22 heavy (non-hydrogen) atoms. The highest BCUT2D eigenvalue weighted by Crippen LogP contribution is 2.09. The SMILES string of the molecule is CCOC(=O)O/N=C(/C(=O)c1ccccc1)c1ccccc1. The molecule has 0 atom stereocenters. The fraction of sp³-hybridized carbons (Fsp3) is 0.118. The molecule has 5 nitrogen and oxygen atoms in total. The molecule has 0 bridgehead atoms. The van der Waals surface area contributed by atoms with Gasteiger partial charge in [-0.2, -0.15) is 0 Å². The van der Waals surface area contributed by atoms with Gasteiger partial charge in [0, 0.05) is 11.1 Å². The Hall–Kier alpha value is -2.95. The third-order valence-electron chi connectivity index (χ3n) is 2.77. The zero-order valence-electron chi connectivity index (χ0n) is 12.1. The number of rotatable bonds is 5. The predicted molar refractivity (Wildman–Crippen MR) is 81.9 cm³/mol. The third-order valence-corrected chi connectivity index (χ3v) is 2.77. The number of carbonyl (C=O) groups excluding carboxylic acids is 2. The van der Waals surface area contributed by atoms with Gasteiger partial charge in [0.1, 0.15) is 0 Å². The highest BCUT2D eigenvalue weighted by Gasteiger charge is 2.18. The van der Waals surface area contributed by atoms with Crippen molar-refractivity contribution in [2.24, 2.45) is 5.16 Å². The van der Waals surface area contributed by atoms with Crippen LogP contribution in [0.25, 0.3) is 0 Å². The van der Waals surface area contributed by atoms with E-state index in [9.17, 15) is 9.59 Å². The molecule has 0 N–H and O–H groups in total. The average molecular weight is 297 g/mol. The Balaban J connectivity index is 2.32. The van der Waals surface area contributed by atoms with Crippen LogP contribution in [0.3, 0.4) is 0 Å². The summed E-state index contributed by atoms with van der Waals surface area (Å²) in [6, 6.07) is 17.5. The Labute approximate surface area is 128 Å². The van der Waals surface area contributed by atoms with Crippen molar-refractivity contribution < 1.29 is 19.2 Å². The van der Waals surface area contributed by atoms with Crippen molar-refractivity contribution in [1.29, 1.82) is 0 Å². The number of carbonyl (C=O) groups is 2. The highest BCUT2D eigenvalue weighted by atomic mass is 16.8. The second kappa shape index (κ2) is 7.73. The van der Waals surface area contributed by atoms with Gasteiger partial charge in [-0.05, 0) is 6.92 Å². The molecule has 0 saturated heterocycles. The van der Waals surface area contributed by atoms with E-state index < -0.39 is 6.16 Å². The maximum atomic E-state index is 12.6. The van der Waals surface area contributed by atoms with Crippen molar-refractivity contribution in [3.8, 4) is 0 Å². The lowest BCUT2D eigenvalue weighted by Gasteiger charge is -2.05. The van der Waals surface area contributed by atoms with Crippen molar-refractivity contribution in [2.75, 3.05) is 6.61 Å². The molecule has 5 heteroatoms. The highest BCUT2D eigenvalue weighted by molar-refractivity contribution is 6.51. The molecular weight excluding hydrogens is 282 g/mol. The first-order valence-corrected chi connectivity index (χ1v) is 6.79. The molecular formula is C17H15NO4. The Morgan fingerprint density at radius 1 is 0.909 bits per heavy atom. The van der Waals surface area contributed by atoms with Gasteiger partial charge in [0.2, 0.25) is 5.78 Å². The molecule has 0 aromatic heterocycles. The molecule has 0 unspecified atom stereocenters. The minimum atomic E-state index is -0.947. The quantitative estimate of drug-likeness (QED) is 0.279. The van der Waals surface area contributed by atoms with Crippen molar-refractivity contribution in [3.63, 3.8) is 0 Å². The van der Waals surface area contributed by atoms with Crippen molar-refractivity contribution in [1.82, 2.24) is 0 Å². The number of benzene rings is 2. The Morgan fingerprint density at radius 2 is 1.45 bits per heavy atom. The van der Waals surface area contributed by atoms with Crippen molar-refractivity contribution in [2.45, 2.75) is 6.92 Å². The van der Waals surface area contributed by atoms with Gasteiger partial charge in [-0.1, -0.05) is 65.8 Å². The number of hydrogen-bond acceptors (Lipinski definition) is 5. The molecule has 0 amide bonds. The first-order valence-electron chi connectivity index (χ1n) is 6.79. The summed E-state index contributed by atoms with van der Waals surface area (Å²) in [7, 11) is 0. The molecule has 112 valence electrons. The number of oxime groups is 1. The Morgan fingerprint density at radius 3 is 2.00 bits per heavy atom. The van der Waals surface area contributed by atoms with Crippen LogP contribution in [0, 0.1) is 0 Å². The lowest BCUT2D eigenvalue weighted by atomic mass is 10.0. The van der Waals surface area contributed by atoms with Crippen LogP contribution in [0.2, 0.25) is 0 Å². The van der Waals surface area contributed by atoms with Gasteiger partial charge in [0.05, 0.1) is 6.61 Å².